The van der Waals surface area contributed by atoms with E-state index in [1.807, 2.05) is 13.4 Å². The predicted molar refractivity (Wildman–Crippen MR) is 61.3 cm³/mol. The van der Waals surface area contributed by atoms with Crippen molar-refractivity contribution >= 4 is 6.34 Å². The van der Waals surface area contributed by atoms with Crippen LogP contribution in [0.25, 0.3) is 0 Å². The normalized spacial score (nSPS) is 27.9. The third kappa shape index (κ3) is 3.56. The lowest BCUT2D eigenvalue weighted by Crippen LogP contribution is -2.30. The summed E-state index contributed by atoms with van der Waals surface area (Å²) in [4.78, 5) is 2.18. The van der Waals surface area contributed by atoms with Gasteiger partial charge >= 0.3 is 0 Å². The highest BCUT2D eigenvalue weighted by atomic mass is 15.3. The Bertz CT molecular complexity index is 179. The van der Waals surface area contributed by atoms with E-state index in [1.54, 1.807) is 0 Å². The van der Waals surface area contributed by atoms with Crippen LogP contribution < -0.4 is 5.43 Å². The Balaban J connectivity index is 2.30. The summed E-state index contributed by atoms with van der Waals surface area (Å²) in [6.45, 7) is 3.53. The zero-order valence-electron chi connectivity index (χ0n) is 9.66. The first-order valence-electron chi connectivity index (χ1n) is 5.64. The molecule has 14 heavy (non-hydrogen) atoms. The van der Waals surface area contributed by atoms with Crippen molar-refractivity contribution in [3.05, 3.63) is 0 Å². The average Bonchev–Trinajstić information content (AvgIpc) is 2.18. The van der Waals surface area contributed by atoms with Crippen molar-refractivity contribution in [2.24, 2.45) is 16.9 Å². The third-order valence-electron chi connectivity index (χ3n) is 3.20. The van der Waals surface area contributed by atoms with Gasteiger partial charge in [-0.2, -0.15) is 5.10 Å². The van der Waals surface area contributed by atoms with Gasteiger partial charge in [-0.3, -0.25) is 0 Å². The molecule has 0 bridgehead atoms. The molecule has 0 aromatic rings. The van der Waals surface area contributed by atoms with Gasteiger partial charge in [-0.05, 0) is 18.3 Å². The van der Waals surface area contributed by atoms with Crippen molar-refractivity contribution in [2.45, 2.75) is 32.6 Å². The second kappa shape index (κ2) is 5.89. The van der Waals surface area contributed by atoms with Crippen LogP contribution in [0.15, 0.2) is 5.10 Å². The van der Waals surface area contributed by atoms with Gasteiger partial charge in [-0.15, -0.1) is 0 Å². The van der Waals surface area contributed by atoms with Gasteiger partial charge in [0.05, 0.1) is 0 Å². The smallest absolute Gasteiger partial charge is 0.110 e. The standard InChI is InChI=1S/C11H23N3/c1-10-6-4-5-7-11(10)8-14(3)9-13-12-2/h9-12H,4-8H2,1-3H3/b13-9-. The van der Waals surface area contributed by atoms with Crippen LogP contribution >= 0.6 is 0 Å². The maximum Gasteiger partial charge on any atom is 0.110 e. The Morgan fingerprint density at radius 1 is 1.43 bits per heavy atom. The van der Waals surface area contributed by atoms with Gasteiger partial charge in [0, 0.05) is 20.6 Å². The molecule has 0 saturated heterocycles. The fourth-order valence-corrected chi connectivity index (χ4v) is 2.24. The maximum atomic E-state index is 4.01. The summed E-state index contributed by atoms with van der Waals surface area (Å²) < 4.78 is 0. The van der Waals surface area contributed by atoms with E-state index in [1.165, 1.54) is 25.7 Å². The summed E-state index contributed by atoms with van der Waals surface area (Å²) in [6, 6.07) is 0. The molecule has 1 fully saturated rings. The molecule has 2 atom stereocenters. The first kappa shape index (κ1) is 11.3. The Kier molecular flexibility index (Phi) is 4.77. The maximum absolute atomic E-state index is 4.01. The Hall–Kier alpha value is -0.730. The number of hydrazone groups is 1. The highest BCUT2D eigenvalue weighted by Crippen LogP contribution is 2.29. The Morgan fingerprint density at radius 2 is 2.14 bits per heavy atom. The minimum Gasteiger partial charge on any atom is -0.364 e. The second-order valence-electron chi connectivity index (χ2n) is 4.43. The van der Waals surface area contributed by atoms with Gasteiger partial charge in [0.25, 0.3) is 0 Å². The number of rotatable bonds is 4. The van der Waals surface area contributed by atoms with Gasteiger partial charge in [0.2, 0.25) is 0 Å². The van der Waals surface area contributed by atoms with Gasteiger partial charge in [-0.1, -0.05) is 26.2 Å². The highest BCUT2D eigenvalue weighted by molar-refractivity contribution is 5.53. The second-order valence-corrected chi connectivity index (χ2v) is 4.43. The zero-order chi connectivity index (χ0) is 10.4. The fourth-order valence-electron chi connectivity index (χ4n) is 2.24. The SMILES string of the molecule is CN/N=C\N(C)CC1CCCCC1C. The van der Waals surface area contributed by atoms with Gasteiger partial charge in [0.1, 0.15) is 6.34 Å². The van der Waals surface area contributed by atoms with E-state index in [9.17, 15) is 0 Å². The molecule has 0 radical (unpaired) electrons. The van der Waals surface area contributed by atoms with Gasteiger partial charge < -0.3 is 10.3 Å². The van der Waals surface area contributed by atoms with Crippen molar-refractivity contribution < 1.29 is 0 Å². The molecule has 1 saturated carbocycles. The lowest BCUT2D eigenvalue weighted by molar-refractivity contribution is 0.220. The molecule has 0 heterocycles. The lowest BCUT2D eigenvalue weighted by atomic mass is 9.80. The molecule has 2 unspecified atom stereocenters. The summed E-state index contributed by atoms with van der Waals surface area (Å²) >= 11 is 0. The van der Waals surface area contributed by atoms with E-state index < -0.39 is 0 Å². The van der Waals surface area contributed by atoms with Crippen LogP contribution in [0.3, 0.4) is 0 Å². The van der Waals surface area contributed by atoms with Crippen molar-refractivity contribution in [1.82, 2.24) is 10.3 Å². The Morgan fingerprint density at radius 3 is 2.79 bits per heavy atom. The molecule has 0 aromatic heterocycles. The van der Waals surface area contributed by atoms with Gasteiger partial charge in [-0.25, -0.2) is 0 Å². The summed E-state index contributed by atoms with van der Waals surface area (Å²) in [6.07, 6.45) is 7.50. The highest BCUT2D eigenvalue weighted by Gasteiger charge is 2.21. The molecule has 0 aliphatic heterocycles. The minimum absolute atomic E-state index is 0.858. The largest absolute Gasteiger partial charge is 0.364 e. The van der Waals surface area contributed by atoms with Crippen LogP contribution in [0.5, 0.6) is 0 Å². The van der Waals surface area contributed by atoms with Crippen molar-refractivity contribution in [3.63, 3.8) is 0 Å². The molecule has 3 heteroatoms. The van der Waals surface area contributed by atoms with E-state index >= 15 is 0 Å². The van der Waals surface area contributed by atoms with Crippen molar-refractivity contribution in [3.8, 4) is 0 Å². The summed E-state index contributed by atoms with van der Waals surface area (Å²) in [5.74, 6) is 1.74. The van der Waals surface area contributed by atoms with Gasteiger partial charge in [0.15, 0.2) is 0 Å². The number of nitrogens with zero attached hydrogens (tertiary/aromatic N) is 2. The van der Waals surface area contributed by atoms with E-state index in [-0.39, 0.29) is 0 Å². The molecule has 3 nitrogen and oxygen atoms in total. The van der Waals surface area contributed by atoms with Crippen LogP contribution in [0.2, 0.25) is 0 Å². The molecule has 0 amide bonds. The number of hydrogen-bond acceptors (Lipinski definition) is 2. The minimum atomic E-state index is 0.858. The predicted octanol–water partition coefficient (Wildman–Crippen LogP) is 1.91. The number of nitrogens with one attached hydrogen (secondary N) is 1. The molecule has 0 spiro atoms. The molecular weight excluding hydrogens is 174 g/mol. The molecule has 82 valence electrons. The molecular formula is C11H23N3. The summed E-state index contributed by atoms with van der Waals surface area (Å²) in [5.41, 5.74) is 2.77. The van der Waals surface area contributed by atoms with Crippen molar-refractivity contribution in [2.75, 3.05) is 20.6 Å². The first-order valence-corrected chi connectivity index (χ1v) is 5.64. The first-order chi connectivity index (χ1) is 6.74. The van der Waals surface area contributed by atoms with Crippen LogP contribution in [-0.2, 0) is 0 Å². The molecule has 1 aliphatic rings. The van der Waals surface area contributed by atoms with Crippen LogP contribution in [0, 0.1) is 11.8 Å². The molecule has 1 rings (SSSR count). The topological polar surface area (TPSA) is 27.6 Å². The van der Waals surface area contributed by atoms with Crippen LogP contribution in [0.1, 0.15) is 32.6 Å². The quantitative estimate of drug-likeness (QED) is 0.423. The van der Waals surface area contributed by atoms with Crippen LogP contribution in [0.4, 0.5) is 0 Å². The molecule has 0 aromatic carbocycles. The fraction of sp³-hybridized carbons (Fsp3) is 0.909. The van der Waals surface area contributed by atoms with E-state index in [2.05, 4.69) is 29.4 Å². The van der Waals surface area contributed by atoms with E-state index in [0.717, 1.165) is 18.4 Å². The zero-order valence-corrected chi connectivity index (χ0v) is 9.66. The molecule has 1 aliphatic carbocycles. The van der Waals surface area contributed by atoms with Crippen molar-refractivity contribution in [1.29, 1.82) is 0 Å². The van der Waals surface area contributed by atoms with Crippen LogP contribution in [-0.4, -0.2) is 31.9 Å². The van der Waals surface area contributed by atoms with E-state index in [4.69, 9.17) is 0 Å². The average molecular weight is 197 g/mol. The Labute approximate surface area is 87.6 Å². The summed E-state index contributed by atoms with van der Waals surface area (Å²) in [5, 5.41) is 4.01. The monoisotopic (exact) mass is 197 g/mol. The van der Waals surface area contributed by atoms with E-state index in [0.29, 0.717) is 0 Å². The molecule has 1 N–H and O–H groups in total. The third-order valence-corrected chi connectivity index (χ3v) is 3.20. The number of hydrogen-bond donors (Lipinski definition) is 1. The lowest BCUT2D eigenvalue weighted by Gasteiger charge is -2.31. The summed E-state index contributed by atoms with van der Waals surface area (Å²) in [7, 11) is 3.93.